The van der Waals surface area contributed by atoms with Crippen LogP contribution in [0.5, 0.6) is 5.75 Å². The molecule has 0 aliphatic heterocycles. The van der Waals surface area contributed by atoms with Gasteiger partial charge in [-0.05, 0) is 18.2 Å². The molecule has 0 fully saturated rings. The molecule has 150 valence electrons. The zero-order valence-corrected chi connectivity index (χ0v) is 16.6. The quantitative estimate of drug-likeness (QED) is 0.239. The van der Waals surface area contributed by atoms with Crippen molar-refractivity contribution >= 4 is 16.0 Å². The minimum atomic E-state index is -3.57. The van der Waals surface area contributed by atoms with Gasteiger partial charge >= 0.3 is 0 Å². The van der Waals surface area contributed by atoms with Crippen LogP contribution in [0.4, 0.5) is 0 Å². The molecule has 2 rings (SSSR count). The Morgan fingerprint density at radius 3 is 2.75 bits per heavy atom. The van der Waals surface area contributed by atoms with Crippen LogP contribution >= 0.6 is 0 Å². The molecule has 0 saturated carbocycles. The molecule has 0 amide bonds. The van der Waals surface area contributed by atoms with Gasteiger partial charge in [-0.25, -0.2) is 13.1 Å². The maximum Gasteiger partial charge on any atom is 0.242 e. The molecule has 8 nitrogen and oxygen atoms in total. The summed E-state index contributed by atoms with van der Waals surface area (Å²) in [6, 6.07) is 10.8. The lowest BCUT2D eigenvalue weighted by Gasteiger charge is -2.14. The zero-order valence-electron chi connectivity index (χ0n) is 15.8. The fourth-order valence-corrected chi connectivity index (χ4v) is 3.29. The number of nitrogens with one attached hydrogen (secondary N) is 3. The minimum Gasteiger partial charge on any atom is -0.489 e. The van der Waals surface area contributed by atoms with Gasteiger partial charge in [0.1, 0.15) is 17.3 Å². The summed E-state index contributed by atoms with van der Waals surface area (Å²) in [7, 11) is -1.92. The van der Waals surface area contributed by atoms with Gasteiger partial charge in [-0.3, -0.25) is 9.98 Å². The molecule has 0 aliphatic rings. The fourth-order valence-electron chi connectivity index (χ4n) is 2.29. The van der Waals surface area contributed by atoms with E-state index in [1.807, 2.05) is 24.3 Å². The Bertz CT molecular complexity index is 885. The van der Waals surface area contributed by atoms with Crippen LogP contribution in [0.2, 0.25) is 0 Å². The smallest absolute Gasteiger partial charge is 0.242 e. The summed E-state index contributed by atoms with van der Waals surface area (Å²) < 4.78 is 32.4. The molecule has 1 aromatic heterocycles. The van der Waals surface area contributed by atoms with Crippen molar-refractivity contribution in [1.82, 2.24) is 20.3 Å². The molecule has 0 atom stereocenters. The highest BCUT2D eigenvalue weighted by molar-refractivity contribution is 7.89. The maximum absolute atomic E-state index is 12.1. The van der Waals surface area contributed by atoms with E-state index in [9.17, 15) is 8.42 Å². The van der Waals surface area contributed by atoms with Crippen molar-refractivity contribution in [1.29, 1.82) is 0 Å². The van der Waals surface area contributed by atoms with Crippen LogP contribution < -0.4 is 20.1 Å². The third-order valence-corrected chi connectivity index (χ3v) is 5.10. The van der Waals surface area contributed by atoms with Crippen molar-refractivity contribution < 1.29 is 13.2 Å². The normalized spacial score (nSPS) is 11.7. The Morgan fingerprint density at radius 1 is 1.21 bits per heavy atom. The van der Waals surface area contributed by atoms with Crippen molar-refractivity contribution in [2.45, 2.75) is 11.4 Å². The van der Waals surface area contributed by atoms with Crippen LogP contribution in [-0.2, 0) is 16.6 Å². The molecule has 3 N–H and O–H groups in total. The number of ether oxygens (including phenoxy) is 1. The van der Waals surface area contributed by atoms with E-state index in [4.69, 9.17) is 4.74 Å². The summed E-state index contributed by atoms with van der Waals surface area (Å²) in [5.41, 5.74) is 0.976. The van der Waals surface area contributed by atoms with Crippen molar-refractivity contribution in [3.05, 3.63) is 67.0 Å². The van der Waals surface area contributed by atoms with Crippen LogP contribution in [0.3, 0.4) is 0 Å². The van der Waals surface area contributed by atoms with Gasteiger partial charge in [0.25, 0.3) is 0 Å². The Kier molecular flexibility index (Phi) is 8.44. The van der Waals surface area contributed by atoms with Gasteiger partial charge in [-0.1, -0.05) is 30.9 Å². The first-order valence-corrected chi connectivity index (χ1v) is 10.2. The molecule has 1 aromatic carbocycles. The lowest BCUT2D eigenvalue weighted by molar-refractivity contribution is 0.358. The number of nitrogens with zero attached hydrogens (tertiary/aromatic N) is 2. The first-order valence-electron chi connectivity index (χ1n) is 8.72. The number of guanidine groups is 1. The first kappa shape index (κ1) is 21.4. The lowest BCUT2D eigenvalue weighted by Crippen LogP contribution is -2.41. The maximum atomic E-state index is 12.1. The monoisotopic (exact) mass is 403 g/mol. The van der Waals surface area contributed by atoms with E-state index in [2.05, 4.69) is 31.9 Å². The molecule has 1 heterocycles. The third-order valence-electron chi connectivity index (χ3n) is 3.65. The van der Waals surface area contributed by atoms with Gasteiger partial charge < -0.3 is 15.4 Å². The molecular formula is C19H25N5O3S. The van der Waals surface area contributed by atoms with Crippen LogP contribution in [0, 0.1) is 0 Å². The molecule has 28 heavy (non-hydrogen) atoms. The second kappa shape index (κ2) is 11.1. The Labute approximate surface area is 165 Å². The topological polar surface area (TPSA) is 105 Å². The summed E-state index contributed by atoms with van der Waals surface area (Å²) in [6.45, 7) is 5.16. The second-order valence-electron chi connectivity index (χ2n) is 5.65. The SMILES string of the molecule is C=CCOc1ccccc1CNC(=NC)NCCNS(=O)(=O)c1cccnc1. The van der Waals surface area contributed by atoms with E-state index in [1.54, 1.807) is 19.2 Å². The minimum absolute atomic E-state index is 0.133. The average Bonchev–Trinajstić information content (AvgIpc) is 2.73. The predicted octanol–water partition coefficient (Wildman–Crippen LogP) is 1.29. The van der Waals surface area contributed by atoms with Crippen molar-refractivity contribution in [3.8, 4) is 5.75 Å². The number of hydrogen-bond acceptors (Lipinski definition) is 5. The number of benzene rings is 1. The molecular weight excluding hydrogens is 378 g/mol. The molecule has 0 radical (unpaired) electrons. The van der Waals surface area contributed by atoms with Gasteiger partial charge in [-0.15, -0.1) is 0 Å². The van der Waals surface area contributed by atoms with Gasteiger partial charge in [0, 0.05) is 44.6 Å². The number of rotatable bonds is 10. The highest BCUT2D eigenvalue weighted by atomic mass is 32.2. The lowest BCUT2D eigenvalue weighted by atomic mass is 10.2. The molecule has 0 bridgehead atoms. The van der Waals surface area contributed by atoms with E-state index in [0.717, 1.165) is 11.3 Å². The Balaban J connectivity index is 1.80. The number of sulfonamides is 1. The molecule has 9 heteroatoms. The largest absolute Gasteiger partial charge is 0.489 e. The van der Waals surface area contributed by atoms with E-state index in [1.165, 1.54) is 18.5 Å². The van der Waals surface area contributed by atoms with Crippen LogP contribution in [0.25, 0.3) is 0 Å². The van der Waals surface area contributed by atoms with Crippen molar-refractivity contribution in [2.24, 2.45) is 4.99 Å². The predicted molar refractivity (Wildman–Crippen MR) is 110 cm³/mol. The Hall–Kier alpha value is -2.91. The summed E-state index contributed by atoms with van der Waals surface area (Å²) in [5, 5.41) is 6.24. The number of hydrogen-bond donors (Lipinski definition) is 3. The summed E-state index contributed by atoms with van der Waals surface area (Å²) in [6.07, 6.45) is 4.52. The van der Waals surface area contributed by atoms with Crippen molar-refractivity contribution in [2.75, 3.05) is 26.7 Å². The molecule has 0 aliphatic carbocycles. The molecule has 2 aromatic rings. The summed E-state index contributed by atoms with van der Waals surface area (Å²) >= 11 is 0. The van der Waals surface area contributed by atoms with Gasteiger partial charge in [0.15, 0.2) is 5.96 Å². The van der Waals surface area contributed by atoms with E-state index < -0.39 is 10.0 Å². The fraction of sp³-hybridized carbons (Fsp3) is 0.263. The summed E-state index contributed by atoms with van der Waals surface area (Å²) in [5.74, 6) is 1.33. The van der Waals surface area contributed by atoms with Crippen LogP contribution in [-0.4, -0.2) is 46.1 Å². The number of para-hydroxylation sites is 1. The van der Waals surface area contributed by atoms with Crippen molar-refractivity contribution in [3.63, 3.8) is 0 Å². The second-order valence-corrected chi connectivity index (χ2v) is 7.41. The number of aromatic nitrogens is 1. The highest BCUT2D eigenvalue weighted by Gasteiger charge is 2.12. The van der Waals surface area contributed by atoms with E-state index >= 15 is 0 Å². The first-order chi connectivity index (χ1) is 13.6. The van der Waals surface area contributed by atoms with Gasteiger partial charge in [0.05, 0.1) is 0 Å². The molecule has 0 unspecified atom stereocenters. The van der Waals surface area contributed by atoms with Gasteiger partial charge in [0.2, 0.25) is 10.0 Å². The van der Waals surface area contributed by atoms with Crippen LogP contribution in [0.1, 0.15) is 5.56 Å². The highest BCUT2D eigenvalue weighted by Crippen LogP contribution is 2.17. The molecule has 0 saturated heterocycles. The van der Waals surface area contributed by atoms with Gasteiger partial charge in [-0.2, -0.15) is 0 Å². The average molecular weight is 404 g/mol. The third kappa shape index (κ3) is 6.67. The zero-order chi connectivity index (χ0) is 20.2. The van der Waals surface area contributed by atoms with E-state index in [-0.39, 0.29) is 11.4 Å². The number of pyridine rings is 1. The standard InChI is InChI=1S/C19H25N5O3S/c1-3-13-27-18-9-5-4-7-16(18)14-23-19(20-2)22-11-12-24-28(25,26)17-8-6-10-21-15-17/h3-10,15,24H,1,11-14H2,2H3,(H2,20,22,23). The number of aliphatic imine (C=N–C) groups is 1. The van der Waals surface area contributed by atoms with Crippen LogP contribution in [0.15, 0.2) is 71.3 Å². The molecule has 0 spiro atoms. The summed E-state index contributed by atoms with van der Waals surface area (Å²) in [4.78, 5) is 8.09. The Morgan fingerprint density at radius 2 is 2.04 bits per heavy atom. The van der Waals surface area contributed by atoms with E-state index in [0.29, 0.717) is 25.7 Å².